The van der Waals surface area contributed by atoms with Crippen LogP contribution in [0.3, 0.4) is 0 Å². The maximum absolute atomic E-state index is 11.6. The Morgan fingerprint density at radius 1 is 0.655 bits per heavy atom. The number of rotatable bonds is 20. The predicted molar refractivity (Wildman–Crippen MR) is 122 cm³/mol. The van der Waals surface area contributed by atoms with Gasteiger partial charge in [-0.25, -0.2) is 4.79 Å². The van der Waals surface area contributed by atoms with Crippen LogP contribution < -0.4 is 0 Å². The molecule has 3 nitrogen and oxygen atoms in total. The van der Waals surface area contributed by atoms with Gasteiger partial charge in [0.15, 0.2) is 0 Å². The molecule has 0 aliphatic rings. The molecule has 1 rings (SSSR count). The van der Waals surface area contributed by atoms with E-state index >= 15 is 0 Å². The Morgan fingerprint density at radius 2 is 1.10 bits per heavy atom. The lowest BCUT2D eigenvalue weighted by Crippen LogP contribution is -2.09. The molecule has 0 saturated heterocycles. The fraction of sp³-hybridized carbons (Fsp3) is 0.731. The zero-order valence-corrected chi connectivity index (χ0v) is 18.8. The minimum atomic E-state index is -0.326. The van der Waals surface area contributed by atoms with Crippen LogP contribution in [0.4, 0.5) is 0 Å². The molecule has 0 atom stereocenters. The third kappa shape index (κ3) is 17.2. The monoisotopic (exact) mass is 404 g/mol. The fourth-order valence-electron chi connectivity index (χ4n) is 3.61. The van der Waals surface area contributed by atoms with Crippen molar-refractivity contribution in [3.8, 4) is 0 Å². The van der Waals surface area contributed by atoms with Crippen LogP contribution in [0, 0.1) is 0 Å². The van der Waals surface area contributed by atoms with Gasteiger partial charge in [0.05, 0.1) is 13.0 Å². The van der Waals surface area contributed by atoms with Crippen molar-refractivity contribution < 1.29 is 14.6 Å². The van der Waals surface area contributed by atoms with Gasteiger partial charge in [0.1, 0.15) is 0 Å². The Kier molecular flexibility index (Phi) is 17.7. The summed E-state index contributed by atoms with van der Waals surface area (Å²) in [5.41, 5.74) is 0.948. The van der Waals surface area contributed by atoms with E-state index in [1.165, 1.54) is 89.9 Å². The zero-order valence-electron chi connectivity index (χ0n) is 18.8. The van der Waals surface area contributed by atoms with Crippen molar-refractivity contribution in [3.05, 3.63) is 35.9 Å². The largest absolute Gasteiger partial charge is 0.346 e. The van der Waals surface area contributed by atoms with E-state index in [2.05, 4.69) is 6.92 Å². The van der Waals surface area contributed by atoms with Crippen molar-refractivity contribution in [1.82, 2.24) is 0 Å². The molecular formula is C26H44O3. The highest BCUT2D eigenvalue weighted by atomic mass is 17.2. The molecule has 3 heteroatoms. The lowest BCUT2D eigenvalue weighted by Gasteiger charge is -2.05. The van der Waals surface area contributed by atoms with Crippen LogP contribution >= 0.6 is 0 Å². The van der Waals surface area contributed by atoms with Gasteiger partial charge in [0, 0.05) is 0 Å². The summed E-state index contributed by atoms with van der Waals surface area (Å²) in [6, 6.07) is 9.59. The molecule has 0 bridgehead atoms. The van der Waals surface area contributed by atoms with Gasteiger partial charge in [0.25, 0.3) is 0 Å². The molecule has 0 fully saturated rings. The first-order valence-corrected chi connectivity index (χ1v) is 12.2. The van der Waals surface area contributed by atoms with Crippen LogP contribution in [0.25, 0.3) is 0 Å². The molecule has 0 unspecified atom stereocenters. The molecule has 0 radical (unpaired) electrons. The van der Waals surface area contributed by atoms with Gasteiger partial charge in [-0.15, -0.1) is 0 Å². The van der Waals surface area contributed by atoms with Crippen molar-refractivity contribution >= 4 is 5.97 Å². The summed E-state index contributed by atoms with van der Waals surface area (Å²) in [5, 5.41) is 0. The van der Waals surface area contributed by atoms with E-state index < -0.39 is 0 Å². The number of benzene rings is 1. The third-order valence-corrected chi connectivity index (χ3v) is 5.42. The van der Waals surface area contributed by atoms with Crippen LogP contribution in [0.2, 0.25) is 0 Å². The Morgan fingerprint density at radius 3 is 1.59 bits per heavy atom. The van der Waals surface area contributed by atoms with Gasteiger partial charge < -0.3 is 0 Å². The smallest absolute Gasteiger partial charge is 0.298 e. The lowest BCUT2D eigenvalue weighted by atomic mass is 10.0. The van der Waals surface area contributed by atoms with Gasteiger partial charge in [-0.2, -0.15) is 4.89 Å². The molecule has 29 heavy (non-hydrogen) atoms. The Hall–Kier alpha value is -1.35. The highest BCUT2D eigenvalue weighted by molar-refractivity contribution is 5.71. The zero-order chi connectivity index (χ0) is 20.8. The summed E-state index contributed by atoms with van der Waals surface area (Å²) in [7, 11) is 0. The van der Waals surface area contributed by atoms with Gasteiger partial charge in [-0.05, 0) is 12.0 Å². The van der Waals surface area contributed by atoms with Crippen LogP contribution in [0.1, 0.15) is 115 Å². The summed E-state index contributed by atoms with van der Waals surface area (Å²) in [5.74, 6) is -0.326. The average Bonchev–Trinajstić information content (AvgIpc) is 2.73. The molecule has 166 valence electrons. The van der Waals surface area contributed by atoms with Crippen molar-refractivity contribution in [2.24, 2.45) is 0 Å². The van der Waals surface area contributed by atoms with Crippen LogP contribution in [-0.2, 0) is 21.0 Å². The summed E-state index contributed by atoms with van der Waals surface area (Å²) in [6.45, 7) is 2.78. The van der Waals surface area contributed by atoms with E-state index in [1.54, 1.807) is 0 Å². The van der Waals surface area contributed by atoms with Gasteiger partial charge in [0.2, 0.25) is 0 Å². The number of unbranched alkanes of at least 4 members (excludes halogenated alkanes) is 15. The SMILES string of the molecule is CCCCCCCCCCCCCCCCCCOOC(=O)Cc1ccccc1. The molecule has 0 aliphatic carbocycles. The first-order valence-electron chi connectivity index (χ1n) is 12.2. The van der Waals surface area contributed by atoms with Crippen molar-refractivity contribution in [2.45, 2.75) is 116 Å². The second kappa shape index (κ2) is 19.9. The standard InChI is InChI=1S/C26H44O3/c1-2-3-4-5-6-7-8-9-10-11-12-13-14-15-16-20-23-28-29-26(27)24-25-21-18-17-19-22-25/h17-19,21-22H,2-16,20,23-24H2,1H3. The first kappa shape index (κ1) is 25.7. The number of carbonyl (C=O) groups is 1. The van der Waals surface area contributed by atoms with Crippen LogP contribution in [-0.4, -0.2) is 12.6 Å². The molecule has 0 N–H and O–H groups in total. The minimum absolute atomic E-state index is 0.264. The van der Waals surface area contributed by atoms with E-state index in [-0.39, 0.29) is 12.4 Å². The fourth-order valence-corrected chi connectivity index (χ4v) is 3.61. The first-order chi connectivity index (χ1) is 14.3. The van der Waals surface area contributed by atoms with Crippen molar-refractivity contribution in [2.75, 3.05) is 6.61 Å². The lowest BCUT2D eigenvalue weighted by molar-refractivity contribution is -0.272. The summed E-state index contributed by atoms with van der Waals surface area (Å²) < 4.78 is 0. The molecule has 0 amide bonds. The molecule has 0 heterocycles. The molecule has 0 saturated carbocycles. The Bertz CT molecular complexity index is 472. The van der Waals surface area contributed by atoms with Crippen LogP contribution in [0.15, 0.2) is 30.3 Å². The summed E-state index contributed by atoms with van der Waals surface area (Å²) in [4.78, 5) is 21.5. The van der Waals surface area contributed by atoms with Crippen molar-refractivity contribution in [3.63, 3.8) is 0 Å². The number of carbonyl (C=O) groups excluding carboxylic acids is 1. The van der Waals surface area contributed by atoms with Gasteiger partial charge >= 0.3 is 5.97 Å². The predicted octanol–water partition coefficient (Wildman–Crippen LogP) is 7.97. The average molecular weight is 405 g/mol. The molecule has 0 spiro atoms. The molecule has 1 aromatic carbocycles. The molecular weight excluding hydrogens is 360 g/mol. The highest BCUT2D eigenvalue weighted by Crippen LogP contribution is 2.13. The second-order valence-electron chi connectivity index (χ2n) is 8.24. The second-order valence-corrected chi connectivity index (χ2v) is 8.24. The topological polar surface area (TPSA) is 35.5 Å². The van der Waals surface area contributed by atoms with Gasteiger partial charge in [-0.1, -0.05) is 134 Å². The molecule has 0 aromatic heterocycles. The summed E-state index contributed by atoms with van der Waals surface area (Å²) in [6.07, 6.45) is 21.8. The Labute approximate surface area is 179 Å². The van der Waals surface area contributed by atoms with E-state index in [9.17, 15) is 4.79 Å². The third-order valence-electron chi connectivity index (χ3n) is 5.42. The number of hydrogen-bond acceptors (Lipinski definition) is 3. The number of hydrogen-bond donors (Lipinski definition) is 0. The minimum Gasteiger partial charge on any atom is -0.298 e. The van der Waals surface area contributed by atoms with Crippen LogP contribution in [0.5, 0.6) is 0 Å². The highest BCUT2D eigenvalue weighted by Gasteiger charge is 2.05. The molecule has 1 aromatic rings. The summed E-state index contributed by atoms with van der Waals surface area (Å²) >= 11 is 0. The maximum atomic E-state index is 11.6. The Balaban J connectivity index is 1.73. The molecule has 0 aliphatic heterocycles. The van der Waals surface area contributed by atoms with E-state index in [4.69, 9.17) is 9.78 Å². The van der Waals surface area contributed by atoms with E-state index in [0.717, 1.165) is 18.4 Å². The van der Waals surface area contributed by atoms with E-state index in [0.29, 0.717) is 6.61 Å². The normalized spacial score (nSPS) is 10.9. The maximum Gasteiger partial charge on any atom is 0.346 e. The van der Waals surface area contributed by atoms with E-state index in [1.807, 2.05) is 30.3 Å². The quantitative estimate of drug-likeness (QED) is 0.126. The van der Waals surface area contributed by atoms with Gasteiger partial charge in [-0.3, -0.25) is 4.89 Å². The van der Waals surface area contributed by atoms with Crippen molar-refractivity contribution in [1.29, 1.82) is 0 Å².